The van der Waals surface area contributed by atoms with Gasteiger partial charge in [0.2, 0.25) is 0 Å². The van der Waals surface area contributed by atoms with E-state index in [9.17, 15) is 0 Å². The van der Waals surface area contributed by atoms with Gasteiger partial charge in [-0.1, -0.05) is 34.6 Å². The summed E-state index contributed by atoms with van der Waals surface area (Å²) in [6.45, 7) is 13.2. The summed E-state index contributed by atoms with van der Waals surface area (Å²) in [7, 11) is 0. The summed E-state index contributed by atoms with van der Waals surface area (Å²) < 4.78 is 2.03. The maximum atomic E-state index is 4.40. The standard InChI is InChI=1S/C14H28N4/c1-6-8-18-13(16-11-17-18)9-12(15-7-2)10-14(3,4)5/h11-12,15H,6-10H2,1-5H3. The molecule has 1 N–H and O–H groups in total. The average molecular weight is 252 g/mol. The summed E-state index contributed by atoms with van der Waals surface area (Å²) >= 11 is 0. The Morgan fingerprint density at radius 3 is 2.61 bits per heavy atom. The number of rotatable bonds is 7. The van der Waals surface area contributed by atoms with Crippen molar-refractivity contribution in [2.24, 2.45) is 5.41 Å². The van der Waals surface area contributed by atoms with Crippen LogP contribution in [0.5, 0.6) is 0 Å². The van der Waals surface area contributed by atoms with Gasteiger partial charge in [-0.05, 0) is 24.8 Å². The van der Waals surface area contributed by atoms with Crippen LogP contribution in [0.1, 0.15) is 53.3 Å². The van der Waals surface area contributed by atoms with Gasteiger partial charge in [0.05, 0.1) is 0 Å². The molecule has 0 amide bonds. The Labute approximate surface area is 111 Å². The van der Waals surface area contributed by atoms with Crippen molar-refractivity contribution in [3.05, 3.63) is 12.2 Å². The molecule has 1 heterocycles. The molecule has 0 aromatic carbocycles. The molecule has 1 rings (SSSR count). The van der Waals surface area contributed by atoms with Gasteiger partial charge in [0.25, 0.3) is 0 Å². The molecule has 0 aliphatic rings. The molecule has 0 saturated heterocycles. The molecule has 0 radical (unpaired) electrons. The summed E-state index contributed by atoms with van der Waals surface area (Å²) in [6, 6.07) is 0.481. The van der Waals surface area contributed by atoms with Crippen LogP contribution in [0.15, 0.2) is 6.33 Å². The second-order valence-corrected chi connectivity index (χ2v) is 6.12. The van der Waals surface area contributed by atoms with Crippen LogP contribution in [0.3, 0.4) is 0 Å². The number of nitrogens with one attached hydrogen (secondary N) is 1. The Morgan fingerprint density at radius 1 is 1.33 bits per heavy atom. The number of aryl methyl sites for hydroxylation is 1. The van der Waals surface area contributed by atoms with E-state index in [0.29, 0.717) is 11.5 Å². The highest BCUT2D eigenvalue weighted by molar-refractivity contribution is 4.91. The van der Waals surface area contributed by atoms with E-state index in [1.54, 1.807) is 6.33 Å². The molecule has 1 unspecified atom stereocenters. The highest BCUT2D eigenvalue weighted by atomic mass is 15.3. The van der Waals surface area contributed by atoms with E-state index in [2.05, 4.69) is 50.0 Å². The minimum absolute atomic E-state index is 0.336. The molecule has 0 aliphatic heterocycles. The molecule has 1 aromatic heterocycles. The van der Waals surface area contributed by atoms with E-state index in [1.165, 1.54) is 0 Å². The molecule has 1 atom stereocenters. The Bertz CT molecular complexity index is 338. The zero-order chi connectivity index (χ0) is 13.6. The summed E-state index contributed by atoms with van der Waals surface area (Å²) in [6.07, 6.45) is 4.89. The maximum Gasteiger partial charge on any atom is 0.138 e. The number of likely N-dealkylation sites (N-methyl/N-ethyl adjacent to an activating group) is 1. The van der Waals surface area contributed by atoms with E-state index in [4.69, 9.17) is 0 Å². The van der Waals surface area contributed by atoms with Crippen LogP contribution in [0.4, 0.5) is 0 Å². The number of hydrogen-bond acceptors (Lipinski definition) is 3. The zero-order valence-corrected chi connectivity index (χ0v) is 12.5. The van der Waals surface area contributed by atoms with E-state index in [-0.39, 0.29) is 0 Å². The number of hydrogen-bond donors (Lipinski definition) is 1. The third-order valence-corrected chi connectivity index (χ3v) is 2.91. The van der Waals surface area contributed by atoms with Gasteiger partial charge in [0.1, 0.15) is 12.2 Å². The maximum absolute atomic E-state index is 4.40. The van der Waals surface area contributed by atoms with Crippen LogP contribution in [0.2, 0.25) is 0 Å². The Kier molecular flexibility index (Phi) is 5.79. The smallest absolute Gasteiger partial charge is 0.138 e. The number of aromatic nitrogens is 3. The topological polar surface area (TPSA) is 42.7 Å². The fraction of sp³-hybridized carbons (Fsp3) is 0.857. The van der Waals surface area contributed by atoms with Crippen molar-refractivity contribution in [2.75, 3.05) is 6.54 Å². The lowest BCUT2D eigenvalue weighted by Crippen LogP contribution is -2.35. The van der Waals surface area contributed by atoms with Gasteiger partial charge in [0, 0.05) is 19.0 Å². The van der Waals surface area contributed by atoms with Crippen LogP contribution in [0, 0.1) is 5.41 Å². The first kappa shape index (κ1) is 15.2. The largest absolute Gasteiger partial charge is 0.314 e. The average Bonchev–Trinajstić information content (AvgIpc) is 2.64. The molecule has 104 valence electrons. The first-order valence-electron chi connectivity index (χ1n) is 7.06. The Balaban J connectivity index is 2.67. The lowest BCUT2D eigenvalue weighted by atomic mass is 9.87. The zero-order valence-electron chi connectivity index (χ0n) is 12.5. The van der Waals surface area contributed by atoms with E-state index >= 15 is 0 Å². The molecule has 0 aliphatic carbocycles. The summed E-state index contributed by atoms with van der Waals surface area (Å²) in [5, 5.41) is 7.86. The Hall–Kier alpha value is -0.900. The van der Waals surface area contributed by atoms with Crippen molar-refractivity contribution >= 4 is 0 Å². The van der Waals surface area contributed by atoms with Crippen molar-refractivity contribution < 1.29 is 0 Å². The minimum atomic E-state index is 0.336. The molecule has 4 heteroatoms. The van der Waals surface area contributed by atoms with Gasteiger partial charge in [-0.25, -0.2) is 4.98 Å². The van der Waals surface area contributed by atoms with E-state index < -0.39 is 0 Å². The second-order valence-electron chi connectivity index (χ2n) is 6.12. The van der Waals surface area contributed by atoms with Gasteiger partial charge in [-0.3, -0.25) is 4.68 Å². The van der Waals surface area contributed by atoms with Crippen LogP contribution in [-0.2, 0) is 13.0 Å². The summed E-state index contributed by atoms with van der Waals surface area (Å²) in [4.78, 5) is 4.40. The lowest BCUT2D eigenvalue weighted by molar-refractivity contribution is 0.304. The van der Waals surface area contributed by atoms with Gasteiger partial charge < -0.3 is 5.32 Å². The van der Waals surface area contributed by atoms with Crippen LogP contribution in [-0.4, -0.2) is 27.4 Å². The van der Waals surface area contributed by atoms with Gasteiger partial charge in [-0.2, -0.15) is 5.10 Å². The normalized spacial score (nSPS) is 13.8. The van der Waals surface area contributed by atoms with Gasteiger partial charge >= 0.3 is 0 Å². The third kappa shape index (κ3) is 5.17. The van der Waals surface area contributed by atoms with Crippen molar-refractivity contribution in [1.29, 1.82) is 0 Å². The van der Waals surface area contributed by atoms with Crippen LogP contribution < -0.4 is 5.32 Å². The monoisotopic (exact) mass is 252 g/mol. The van der Waals surface area contributed by atoms with Crippen molar-refractivity contribution in [3.63, 3.8) is 0 Å². The lowest BCUT2D eigenvalue weighted by Gasteiger charge is -2.26. The molecule has 0 fully saturated rings. The van der Waals surface area contributed by atoms with Crippen molar-refractivity contribution in [1.82, 2.24) is 20.1 Å². The predicted molar refractivity (Wildman–Crippen MR) is 75.6 cm³/mol. The van der Waals surface area contributed by atoms with Crippen LogP contribution in [0.25, 0.3) is 0 Å². The van der Waals surface area contributed by atoms with Gasteiger partial charge in [-0.15, -0.1) is 0 Å². The molecule has 0 saturated carbocycles. The molecular weight excluding hydrogens is 224 g/mol. The Morgan fingerprint density at radius 2 is 2.06 bits per heavy atom. The van der Waals surface area contributed by atoms with Crippen LogP contribution >= 0.6 is 0 Å². The highest BCUT2D eigenvalue weighted by Gasteiger charge is 2.20. The molecule has 4 nitrogen and oxygen atoms in total. The highest BCUT2D eigenvalue weighted by Crippen LogP contribution is 2.22. The molecule has 0 spiro atoms. The SMILES string of the molecule is CCCn1ncnc1CC(CC(C)(C)C)NCC. The quantitative estimate of drug-likeness (QED) is 0.811. The summed E-state index contributed by atoms with van der Waals surface area (Å²) in [5.74, 6) is 1.10. The predicted octanol–water partition coefficient (Wildman–Crippen LogP) is 2.64. The fourth-order valence-corrected chi connectivity index (χ4v) is 2.31. The van der Waals surface area contributed by atoms with Crippen molar-refractivity contribution in [2.45, 2.75) is 66.5 Å². The molecule has 0 bridgehead atoms. The van der Waals surface area contributed by atoms with Gasteiger partial charge in [0.15, 0.2) is 0 Å². The third-order valence-electron chi connectivity index (χ3n) is 2.91. The van der Waals surface area contributed by atoms with E-state index in [1.807, 2.05) is 4.68 Å². The fourth-order valence-electron chi connectivity index (χ4n) is 2.31. The first-order valence-corrected chi connectivity index (χ1v) is 7.06. The first-order chi connectivity index (χ1) is 8.46. The molecule has 1 aromatic rings. The molecule has 18 heavy (non-hydrogen) atoms. The van der Waals surface area contributed by atoms with Crippen molar-refractivity contribution in [3.8, 4) is 0 Å². The van der Waals surface area contributed by atoms with E-state index in [0.717, 1.165) is 38.2 Å². The number of nitrogens with zero attached hydrogens (tertiary/aromatic N) is 3. The second kappa shape index (κ2) is 6.88. The molecular formula is C14H28N4. The summed E-state index contributed by atoms with van der Waals surface area (Å²) in [5.41, 5.74) is 0.336. The minimum Gasteiger partial charge on any atom is -0.314 e.